The number of amides is 1. The van der Waals surface area contributed by atoms with Crippen LogP contribution in [-0.4, -0.2) is 22.8 Å². The van der Waals surface area contributed by atoms with Crippen LogP contribution in [0.4, 0.5) is 17.2 Å². The van der Waals surface area contributed by atoms with E-state index in [4.69, 9.17) is 14.3 Å². The number of hydrogen-bond donors (Lipinski definition) is 2. The van der Waals surface area contributed by atoms with Crippen LogP contribution in [0.5, 0.6) is 5.75 Å². The predicted octanol–water partition coefficient (Wildman–Crippen LogP) is 5.28. The molecule has 0 saturated carbocycles. The van der Waals surface area contributed by atoms with Gasteiger partial charge in [0, 0.05) is 22.2 Å². The minimum absolute atomic E-state index is 0.248. The summed E-state index contributed by atoms with van der Waals surface area (Å²) in [5.41, 5.74) is 2.66. The van der Waals surface area contributed by atoms with Gasteiger partial charge in [-0.25, -0.2) is 9.48 Å². The molecule has 4 heterocycles. The van der Waals surface area contributed by atoms with E-state index in [-0.39, 0.29) is 11.5 Å². The summed E-state index contributed by atoms with van der Waals surface area (Å²) < 4.78 is 13.2. The molecule has 2 aromatic heterocycles. The molecule has 0 aliphatic carbocycles. The number of benzene rings is 3. The number of fused-ring (bicyclic) bond motifs is 8. The summed E-state index contributed by atoms with van der Waals surface area (Å²) in [7, 11) is 1.58. The summed E-state index contributed by atoms with van der Waals surface area (Å²) in [6.07, 6.45) is 1.42. The van der Waals surface area contributed by atoms with Gasteiger partial charge in [-0.3, -0.25) is 4.79 Å². The molecule has 2 aliphatic heterocycles. The van der Waals surface area contributed by atoms with E-state index in [2.05, 4.69) is 17.6 Å². The van der Waals surface area contributed by atoms with Gasteiger partial charge in [0.25, 0.3) is 0 Å². The molecule has 0 radical (unpaired) electrons. The average molecular weight is 505 g/mol. The van der Waals surface area contributed by atoms with Gasteiger partial charge in [0.2, 0.25) is 5.91 Å². The molecular formula is C30H24N4O4. The maximum atomic E-state index is 14.3. The fourth-order valence-corrected chi connectivity index (χ4v) is 5.91. The van der Waals surface area contributed by atoms with Crippen molar-refractivity contribution in [2.75, 3.05) is 17.7 Å². The first-order chi connectivity index (χ1) is 18.6. The molecule has 0 fully saturated rings. The van der Waals surface area contributed by atoms with E-state index in [1.807, 2.05) is 65.3 Å². The largest absolute Gasteiger partial charge is 0.497 e. The molecule has 3 aromatic carbocycles. The minimum Gasteiger partial charge on any atom is -0.497 e. The molecule has 188 valence electrons. The summed E-state index contributed by atoms with van der Waals surface area (Å²) in [6.45, 7) is 2.07. The first-order valence-corrected chi connectivity index (χ1v) is 12.6. The number of carbonyl (C=O) groups is 1. The van der Waals surface area contributed by atoms with Crippen molar-refractivity contribution in [3.8, 4) is 11.4 Å². The molecule has 0 unspecified atom stereocenters. The summed E-state index contributed by atoms with van der Waals surface area (Å²) >= 11 is 0. The number of ether oxygens (including phenoxy) is 1. The number of nitrogens with zero attached hydrogens (tertiary/aromatic N) is 2. The van der Waals surface area contributed by atoms with Crippen LogP contribution in [0.15, 0.2) is 82.0 Å². The molecule has 8 nitrogen and oxygen atoms in total. The first kappa shape index (κ1) is 22.4. The number of aryl methyl sites for hydroxylation is 1. The highest BCUT2D eigenvalue weighted by Crippen LogP contribution is 2.57. The molecule has 2 N–H and O–H groups in total. The van der Waals surface area contributed by atoms with Crippen molar-refractivity contribution in [3.63, 3.8) is 0 Å². The highest BCUT2D eigenvalue weighted by Gasteiger charge is 2.58. The van der Waals surface area contributed by atoms with E-state index in [1.54, 1.807) is 19.2 Å². The van der Waals surface area contributed by atoms with Crippen molar-refractivity contribution in [2.45, 2.75) is 25.2 Å². The smallest absolute Gasteiger partial charge is 0.343 e. The fraction of sp³-hybridized carbons (Fsp3) is 0.167. The molecular weight excluding hydrogens is 480 g/mol. The van der Waals surface area contributed by atoms with Crippen molar-refractivity contribution in [3.05, 3.63) is 106 Å². The third kappa shape index (κ3) is 2.82. The lowest BCUT2D eigenvalue weighted by Crippen LogP contribution is -2.44. The van der Waals surface area contributed by atoms with E-state index in [9.17, 15) is 9.59 Å². The minimum atomic E-state index is -1.48. The molecule has 8 heteroatoms. The summed E-state index contributed by atoms with van der Waals surface area (Å²) in [5.74, 6) is 0.907. The first-order valence-electron chi connectivity index (χ1n) is 12.6. The maximum absolute atomic E-state index is 14.3. The van der Waals surface area contributed by atoms with Gasteiger partial charge in [0.1, 0.15) is 22.6 Å². The quantitative estimate of drug-likeness (QED) is 0.323. The zero-order chi connectivity index (χ0) is 26.0. The van der Waals surface area contributed by atoms with Gasteiger partial charge in [0.15, 0.2) is 0 Å². The molecule has 7 rings (SSSR count). The summed E-state index contributed by atoms with van der Waals surface area (Å²) in [6, 6.07) is 22.6. The molecule has 0 bridgehead atoms. The Morgan fingerprint density at radius 3 is 2.55 bits per heavy atom. The number of hydrogen-bond acceptors (Lipinski definition) is 6. The zero-order valence-corrected chi connectivity index (χ0v) is 20.9. The van der Waals surface area contributed by atoms with E-state index < -0.39 is 11.0 Å². The van der Waals surface area contributed by atoms with E-state index in [1.165, 1.54) is 0 Å². The van der Waals surface area contributed by atoms with Gasteiger partial charge in [-0.15, -0.1) is 0 Å². The maximum Gasteiger partial charge on any atom is 0.343 e. The van der Waals surface area contributed by atoms with E-state index in [0.29, 0.717) is 51.5 Å². The van der Waals surface area contributed by atoms with Crippen molar-refractivity contribution in [1.29, 1.82) is 0 Å². The van der Waals surface area contributed by atoms with Crippen LogP contribution in [0.3, 0.4) is 0 Å². The molecule has 2 aliphatic rings. The Morgan fingerprint density at radius 1 is 0.974 bits per heavy atom. The number of carbonyl (C=O) groups excluding carboxylic acids is 1. The number of anilines is 3. The highest BCUT2D eigenvalue weighted by atomic mass is 16.5. The molecule has 1 spiro atoms. The van der Waals surface area contributed by atoms with Crippen LogP contribution in [0.25, 0.3) is 16.7 Å². The standard InChI is InChI=1S/C30H24N4O4/c1-3-9-22-24-27(34(33-22)17-10-5-4-6-11-17)32-26-19-12-7-8-13-23(19)38-28(35)25(26)30(24)20-16-18(37-2)14-15-21(20)31-29(30)36/h4-8,10-16,32H,3,9H2,1-2H3,(H,31,36)/t30-/m0/s1. The Labute approximate surface area is 217 Å². The van der Waals surface area contributed by atoms with Gasteiger partial charge in [0.05, 0.1) is 29.7 Å². The van der Waals surface area contributed by atoms with Crippen molar-refractivity contribution >= 4 is 34.1 Å². The molecule has 38 heavy (non-hydrogen) atoms. The Bertz CT molecular complexity index is 1820. The normalized spacial score (nSPS) is 17.1. The third-order valence-corrected chi connectivity index (χ3v) is 7.47. The molecule has 1 amide bonds. The average Bonchev–Trinajstić information content (AvgIpc) is 3.44. The monoisotopic (exact) mass is 504 g/mol. The van der Waals surface area contributed by atoms with Crippen molar-refractivity contribution < 1.29 is 13.9 Å². The third-order valence-electron chi connectivity index (χ3n) is 7.47. The van der Waals surface area contributed by atoms with Gasteiger partial charge < -0.3 is 19.8 Å². The van der Waals surface area contributed by atoms with Crippen molar-refractivity contribution in [1.82, 2.24) is 9.78 Å². The van der Waals surface area contributed by atoms with E-state index >= 15 is 0 Å². The molecule has 5 aromatic rings. The lowest BCUT2D eigenvalue weighted by Gasteiger charge is -2.35. The Balaban J connectivity index is 1.69. The van der Waals surface area contributed by atoms with Gasteiger partial charge in [-0.05, 0) is 48.9 Å². The van der Waals surface area contributed by atoms with Crippen LogP contribution in [-0.2, 0) is 16.6 Å². The van der Waals surface area contributed by atoms with Gasteiger partial charge >= 0.3 is 5.63 Å². The number of aromatic nitrogens is 2. The van der Waals surface area contributed by atoms with Crippen LogP contribution < -0.4 is 21.0 Å². The van der Waals surface area contributed by atoms with E-state index in [0.717, 1.165) is 17.8 Å². The summed E-state index contributed by atoms with van der Waals surface area (Å²) in [5, 5.41) is 12.3. The fourth-order valence-electron chi connectivity index (χ4n) is 5.91. The Morgan fingerprint density at radius 2 is 1.76 bits per heavy atom. The SMILES string of the molecule is CCCc1nn(-c2ccccc2)c2c1[C@]1(C(=O)Nc3ccc(OC)cc31)c1c(c3ccccc3oc1=O)N2. The van der Waals surface area contributed by atoms with Crippen molar-refractivity contribution in [2.24, 2.45) is 0 Å². The van der Waals surface area contributed by atoms with Crippen LogP contribution in [0.1, 0.15) is 35.7 Å². The van der Waals surface area contributed by atoms with Crippen LogP contribution in [0.2, 0.25) is 0 Å². The van der Waals surface area contributed by atoms with Crippen LogP contribution in [0, 0.1) is 0 Å². The number of para-hydroxylation sites is 2. The number of rotatable bonds is 4. The predicted molar refractivity (Wildman–Crippen MR) is 145 cm³/mol. The summed E-state index contributed by atoms with van der Waals surface area (Å²) in [4.78, 5) is 28.2. The second-order valence-corrected chi connectivity index (χ2v) is 9.54. The highest BCUT2D eigenvalue weighted by molar-refractivity contribution is 6.16. The lowest BCUT2D eigenvalue weighted by atomic mass is 9.67. The Kier molecular flexibility index (Phi) is 4.75. The topological polar surface area (TPSA) is 98.4 Å². The molecule has 0 saturated heterocycles. The second kappa shape index (κ2) is 8.08. The van der Waals surface area contributed by atoms with Crippen LogP contribution >= 0.6 is 0 Å². The van der Waals surface area contributed by atoms with Gasteiger partial charge in [-0.1, -0.05) is 43.7 Å². The lowest BCUT2D eigenvalue weighted by molar-refractivity contribution is -0.118. The number of nitrogens with one attached hydrogen (secondary N) is 2. The molecule has 1 atom stereocenters. The second-order valence-electron chi connectivity index (χ2n) is 9.54. The number of methoxy groups -OCH3 is 1. The Hall–Kier alpha value is -4.85. The van der Waals surface area contributed by atoms with Gasteiger partial charge in [-0.2, -0.15) is 5.10 Å². The zero-order valence-electron chi connectivity index (χ0n) is 20.9.